The van der Waals surface area contributed by atoms with Crippen LogP contribution in [0.2, 0.25) is 0 Å². The van der Waals surface area contributed by atoms with Crippen LogP contribution in [-0.4, -0.2) is 54.9 Å². The highest BCUT2D eigenvalue weighted by Gasteiger charge is 2.22. The fourth-order valence-electron chi connectivity index (χ4n) is 3.46. The summed E-state index contributed by atoms with van der Waals surface area (Å²) in [4.78, 5) is 39.0. The molecule has 2 aromatic rings. The summed E-state index contributed by atoms with van der Waals surface area (Å²) in [6, 6.07) is 11.7. The van der Waals surface area contributed by atoms with Crippen molar-refractivity contribution < 1.29 is 28.6 Å². The average Bonchev–Trinajstić information content (AvgIpc) is 2.86. The van der Waals surface area contributed by atoms with E-state index in [1.165, 1.54) is 15.7 Å². The van der Waals surface area contributed by atoms with Gasteiger partial charge in [0.1, 0.15) is 17.9 Å². The highest BCUT2D eigenvalue weighted by Crippen LogP contribution is 2.35. The van der Waals surface area contributed by atoms with E-state index >= 15 is 0 Å². The normalized spacial score (nSPS) is 12.9. The Kier molecular flexibility index (Phi) is 11.8. The molecule has 0 saturated heterocycles. The molecule has 0 aliphatic carbocycles. The van der Waals surface area contributed by atoms with Crippen molar-refractivity contribution in [2.45, 2.75) is 59.5 Å². The topological polar surface area (TPSA) is 82.1 Å². The maximum Gasteiger partial charge on any atom is 0.326 e. The van der Waals surface area contributed by atoms with Gasteiger partial charge in [0.2, 0.25) is 6.41 Å². The minimum atomic E-state index is -0.637. The minimum absolute atomic E-state index is 0.164. The second-order valence-corrected chi connectivity index (χ2v) is 12.1. The van der Waals surface area contributed by atoms with E-state index < -0.39 is 17.5 Å². The summed E-state index contributed by atoms with van der Waals surface area (Å²) < 4.78 is 16.2. The van der Waals surface area contributed by atoms with Crippen molar-refractivity contribution in [3.05, 3.63) is 52.6 Å². The average molecular weight is 548 g/mol. The number of esters is 2. The molecule has 0 spiro atoms. The third-order valence-electron chi connectivity index (χ3n) is 5.46. The van der Waals surface area contributed by atoms with Gasteiger partial charge < -0.3 is 19.1 Å². The highest BCUT2D eigenvalue weighted by atomic mass is 33.1. The fraction of sp³-hybridized carbons (Fsp3) is 0.464. The van der Waals surface area contributed by atoms with Crippen LogP contribution < -0.4 is 4.74 Å². The molecule has 2 aromatic carbocycles. The summed E-state index contributed by atoms with van der Waals surface area (Å²) in [6.07, 6.45) is 1.05. The molecule has 9 heteroatoms. The number of rotatable bonds is 13. The molecule has 0 fully saturated rings. The summed E-state index contributed by atoms with van der Waals surface area (Å²) in [5.41, 5.74) is 0.873. The van der Waals surface area contributed by atoms with Gasteiger partial charge in [0, 0.05) is 22.8 Å². The first-order valence-corrected chi connectivity index (χ1v) is 14.5. The van der Waals surface area contributed by atoms with Gasteiger partial charge in [-0.2, -0.15) is 0 Å². The number of ether oxygens (including phenoxy) is 3. The van der Waals surface area contributed by atoms with E-state index in [9.17, 15) is 14.4 Å². The summed E-state index contributed by atoms with van der Waals surface area (Å²) in [6.45, 7) is 11.0. The molecule has 0 aliphatic heterocycles. The van der Waals surface area contributed by atoms with Crippen molar-refractivity contribution in [2.24, 2.45) is 0 Å². The molecule has 0 aliphatic rings. The molecular formula is C28H37NO6S2. The highest BCUT2D eigenvalue weighted by molar-refractivity contribution is 8.78. The van der Waals surface area contributed by atoms with Gasteiger partial charge in [-0.1, -0.05) is 52.8 Å². The largest absolute Gasteiger partial charge is 0.497 e. The predicted molar refractivity (Wildman–Crippen MR) is 152 cm³/mol. The Morgan fingerprint density at radius 2 is 1.78 bits per heavy atom. The van der Waals surface area contributed by atoms with Crippen LogP contribution in [0.3, 0.4) is 0 Å². The number of methoxy groups -OCH3 is 1. The Labute approximate surface area is 227 Å². The zero-order valence-corrected chi connectivity index (χ0v) is 24.3. The lowest BCUT2D eigenvalue weighted by Crippen LogP contribution is -2.33. The van der Waals surface area contributed by atoms with Crippen molar-refractivity contribution in [3.8, 4) is 5.75 Å². The van der Waals surface area contributed by atoms with Gasteiger partial charge in [-0.05, 0) is 63.1 Å². The Balaban J connectivity index is 2.06. The van der Waals surface area contributed by atoms with Gasteiger partial charge in [-0.3, -0.25) is 14.4 Å². The lowest BCUT2D eigenvalue weighted by Gasteiger charge is -2.24. The SMILES string of the molecule is CCSS/C(CCOC(=O)[C@@H](C)c1ccc2cc(OC)ccc2c1)=C(/C)N(C=O)CC(=O)OC(C)(C)C. The summed E-state index contributed by atoms with van der Waals surface area (Å²) >= 11 is 0. The number of benzene rings is 2. The van der Waals surface area contributed by atoms with Gasteiger partial charge in [0.05, 0.1) is 19.6 Å². The van der Waals surface area contributed by atoms with Gasteiger partial charge in [-0.15, -0.1) is 0 Å². The van der Waals surface area contributed by atoms with E-state index in [1.54, 1.807) is 45.6 Å². The molecule has 1 atom stereocenters. The molecule has 7 nitrogen and oxygen atoms in total. The van der Waals surface area contributed by atoms with Crippen LogP contribution in [0.4, 0.5) is 0 Å². The number of amides is 1. The standard InChI is InChI=1S/C28H37NO6S2/c1-8-36-37-25(20(3)29(18-30)17-26(31)35-28(4,5)6)13-14-34-27(32)19(2)21-9-10-23-16-24(33-7)12-11-22(23)15-21/h9-12,15-16,18-19H,8,13-14,17H2,1-7H3/b25-20-/t19-/m0/s1. The second-order valence-electron chi connectivity index (χ2n) is 9.43. The monoisotopic (exact) mass is 547 g/mol. The number of fused-ring (bicyclic) bond motifs is 1. The molecule has 0 unspecified atom stereocenters. The molecule has 0 aromatic heterocycles. The molecular weight excluding hydrogens is 510 g/mol. The number of carbonyl (C=O) groups excluding carboxylic acids is 3. The quantitative estimate of drug-likeness (QED) is 0.164. The number of hydrogen-bond acceptors (Lipinski definition) is 8. The number of nitrogens with zero attached hydrogens (tertiary/aromatic N) is 1. The van der Waals surface area contributed by atoms with E-state index in [2.05, 4.69) is 0 Å². The zero-order chi connectivity index (χ0) is 27.6. The van der Waals surface area contributed by atoms with Crippen LogP contribution in [-0.2, 0) is 23.9 Å². The summed E-state index contributed by atoms with van der Waals surface area (Å²) in [5, 5.41) is 2.05. The molecule has 0 N–H and O–H groups in total. The van der Waals surface area contributed by atoms with Crippen molar-refractivity contribution in [2.75, 3.05) is 26.0 Å². The van der Waals surface area contributed by atoms with Gasteiger partial charge in [-0.25, -0.2) is 0 Å². The maximum atomic E-state index is 12.8. The summed E-state index contributed by atoms with van der Waals surface area (Å²) in [5.74, 6) is 0.403. The van der Waals surface area contributed by atoms with Crippen LogP contribution in [0.1, 0.15) is 59.4 Å². The molecule has 2 rings (SSSR count). The first kappa shape index (κ1) is 30.6. The third-order valence-corrected chi connectivity index (χ3v) is 8.18. The van der Waals surface area contributed by atoms with Gasteiger partial charge in [0.15, 0.2) is 0 Å². The predicted octanol–water partition coefficient (Wildman–Crippen LogP) is 6.32. The van der Waals surface area contributed by atoms with Crippen LogP contribution in [0.5, 0.6) is 5.75 Å². The molecule has 37 heavy (non-hydrogen) atoms. The number of allylic oxidation sites excluding steroid dienone is 1. The maximum absolute atomic E-state index is 12.8. The Bertz CT molecular complexity index is 1130. The smallest absolute Gasteiger partial charge is 0.326 e. The molecule has 1 amide bonds. The Morgan fingerprint density at radius 3 is 2.41 bits per heavy atom. The number of carbonyl (C=O) groups is 3. The lowest BCUT2D eigenvalue weighted by molar-refractivity contribution is -0.156. The first-order chi connectivity index (χ1) is 17.5. The van der Waals surface area contributed by atoms with E-state index in [1.807, 2.05) is 50.2 Å². The van der Waals surface area contributed by atoms with E-state index in [0.29, 0.717) is 18.5 Å². The van der Waals surface area contributed by atoms with E-state index in [-0.39, 0.29) is 19.1 Å². The van der Waals surface area contributed by atoms with E-state index in [4.69, 9.17) is 14.2 Å². The first-order valence-electron chi connectivity index (χ1n) is 12.2. The van der Waals surface area contributed by atoms with Crippen LogP contribution in [0, 0.1) is 0 Å². The van der Waals surface area contributed by atoms with E-state index in [0.717, 1.165) is 32.7 Å². The fourth-order valence-corrected chi connectivity index (χ4v) is 5.52. The van der Waals surface area contributed by atoms with Gasteiger partial charge >= 0.3 is 11.9 Å². The van der Waals surface area contributed by atoms with Crippen molar-refractivity contribution in [3.63, 3.8) is 0 Å². The molecule has 0 bridgehead atoms. The van der Waals surface area contributed by atoms with Crippen LogP contribution in [0.15, 0.2) is 47.0 Å². The van der Waals surface area contributed by atoms with Crippen LogP contribution >= 0.6 is 21.6 Å². The molecule has 202 valence electrons. The van der Waals surface area contributed by atoms with Crippen molar-refractivity contribution in [1.29, 1.82) is 0 Å². The lowest BCUT2D eigenvalue weighted by atomic mass is 9.98. The summed E-state index contributed by atoms with van der Waals surface area (Å²) in [7, 11) is 4.77. The minimum Gasteiger partial charge on any atom is -0.497 e. The molecule has 0 radical (unpaired) electrons. The van der Waals surface area contributed by atoms with Crippen molar-refractivity contribution >= 4 is 50.7 Å². The second kappa shape index (κ2) is 14.3. The number of hydrogen-bond donors (Lipinski definition) is 0. The zero-order valence-electron chi connectivity index (χ0n) is 22.7. The molecule has 0 saturated carbocycles. The third kappa shape index (κ3) is 9.63. The Hall–Kier alpha value is -2.65. The van der Waals surface area contributed by atoms with Crippen LogP contribution in [0.25, 0.3) is 10.8 Å². The molecule has 0 heterocycles. The van der Waals surface area contributed by atoms with Crippen molar-refractivity contribution in [1.82, 2.24) is 4.90 Å². The van der Waals surface area contributed by atoms with Gasteiger partial charge in [0.25, 0.3) is 0 Å². The Morgan fingerprint density at radius 1 is 1.11 bits per heavy atom.